The van der Waals surface area contributed by atoms with Gasteiger partial charge in [-0.3, -0.25) is 4.40 Å². The number of rotatable bonds is 0. The van der Waals surface area contributed by atoms with E-state index in [0.717, 1.165) is 22.3 Å². The van der Waals surface area contributed by atoms with E-state index in [2.05, 4.69) is 15.0 Å². The molecule has 0 aliphatic heterocycles. The maximum atomic E-state index is 4.38. The molecule has 0 radical (unpaired) electrons. The molecule has 0 amide bonds. The van der Waals surface area contributed by atoms with Gasteiger partial charge in [-0.2, -0.15) is 0 Å². The van der Waals surface area contributed by atoms with E-state index in [1.165, 1.54) is 0 Å². The van der Waals surface area contributed by atoms with Crippen LogP contribution in [0, 0.1) is 0 Å². The zero-order chi connectivity index (χ0) is 10.5. The van der Waals surface area contributed by atoms with Crippen molar-refractivity contribution in [1.82, 2.24) is 23.8 Å². The zero-order valence-electron chi connectivity index (χ0n) is 8.28. The quantitative estimate of drug-likeness (QED) is 0.441. The van der Waals surface area contributed by atoms with E-state index >= 15 is 0 Å². The molecular formula is C11H7N5. The molecule has 0 bridgehead atoms. The molecule has 0 saturated carbocycles. The Morgan fingerprint density at radius 1 is 0.938 bits per heavy atom. The molecule has 0 N–H and O–H groups in total. The number of imidazole rings is 2. The van der Waals surface area contributed by atoms with Crippen LogP contribution in [0.3, 0.4) is 0 Å². The van der Waals surface area contributed by atoms with Gasteiger partial charge < -0.3 is 4.40 Å². The Hall–Kier alpha value is -2.43. The minimum Gasteiger partial charge on any atom is -0.305 e. The van der Waals surface area contributed by atoms with E-state index in [1.54, 1.807) is 18.6 Å². The zero-order valence-corrected chi connectivity index (χ0v) is 8.28. The van der Waals surface area contributed by atoms with Crippen LogP contribution >= 0.6 is 0 Å². The van der Waals surface area contributed by atoms with Crippen LogP contribution in [0.15, 0.2) is 43.2 Å². The molecule has 16 heavy (non-hydrogen) atoms. The van der Waals surface area contributed by atoms with Gasteiger partial charge >= 0.3 is 0 Å². The monoisotopic (exact) mass is 209 g/mol. The topological polar surface area (TPSA) is 47.5 Å². The highest BCUT2D eigenvalue weighted by Crippen LogP contribution is 2.15. The lowest BCUT2D eigenvalue weighted by Gasteiger charge is -2.01. The molecule has 76 valence electrons. The Kier molecular flexibility index (Phi) is 1.26. The number of aromatic nitrogens is 5. The molecule has 5 heteroatoms. The highest BCUT2D eigenvalue weighted by molar-refractivity contribution is 5.80. The third-order valence-electron chi connectivity index (χ3n) is 2.74. The van der Waals surface area contributed by atoms with Crippen LogP contribution in [0.5, 0.6) is 0 Å². The molecule has 4 rings (SSSR count). The van der Waals surface area contributed by atoms with E-state index in [4.69, 9.17) is 0 Å². The van der Waals surface area contributed by atoms with Gasteiger partial charge in [-0.05, 0) is 0 Å². The minimum absolute atomic E-state index is 0.850. The molecule has 4 heterocycles. The van der Waals surface area contributed by atoms with Gasteiger partial charge in [0, 0.05) is 37.1 Å². The summed E-state index contributed by atoms with van der Waals surface area (Å²) in [6.45, 7) is 0. The summed E-state index contributed by atoms with van der Waals surface area (Å²) in [5, 5.41) is 0. The molecule has 0 fully saturated rings. The molecular weight excluding hydrogens is 202 g/mol. The van der Waals surface area contributed by atoms with Gasteiger partial charge in [0.05, 0.1) is 11.7 Å². The van der Waals surface area contributed by atoms with Crippen molar-refractivity contribution in [3.05, 3.63) is 43.2 Å². The van der Waals surface area contributed by atoms with E-state index in [-0.39, 0.29) is 0 Å². The number of hydrogen-bond donors (Lipinski definition) is 0. The molecule has 0 saturated heterocycles. The van der Waals surface area contributed by atoms with Crippen molar-refractivity contribution in [2.24, 2.45) is 0 Å². The summed E-state index contributed by atoms with van der Waals surface area (Å²) in [5.41, 5.74) is 3.71. The summed E-state index contributed by atoms with van der Waals surface area (Å²) in [5.74, 6) is 0. The van der Waals surface area contributed by atoms with Crippen molar-refractivity contribution in [1.29, 1.82) is 0 Å². The Morgan fingerprint density at radius 2 is 1.81 bits per heavy atom. The van der Waals surface area contributed by atoms with Crippen LogP contribution in [-0.4, -0.2) is 23.8 Å². The molecule has 0 unspecified atom stereocenters. The minimum atomic E-state index is 0.850. The van der Waals surface area contributed by atoms with Crippen molar-refractivity contribution >= 4 is 22.3 Å². The molecule has 0 aliphatic carbocycles. The second-order valence-electron chi connectivity index (χ2n) is 3.65. The van der Waals surface area contributed by atoms with Gasteiger partial charge in [-0.1, -0.05) is 0 Å². The lowest BCUT2D eigenvalue weighted by Crippen LogP contribution is -1.93. The fraction of sp³-hybridized carbons (Fsp3) is 0. The predicted octanol–water partition coefficient (Wildman–Crippen LogP) is 1.53. The van der Waals surface area contributed by atoms with E-state index in [0.29, 0.717) is 0 Å². The molecule has 0 atom stereocenters. The summed E-state index contributed by atoms with van der Waals surface area (Å²) < 4.78 is 3.97. The Bertz CT molecular complexity index is 810. The van der Waals surface area contributed by atoms with Crippen LogP contribution < -0.4 is 0 Å². The van der Waals surface area contributed by atoms with Gasteiger partial charge in [0.2, 0.25) is 0 Å². The fourth-order valence-corrected chi connectivity index (χ4v) is 1.97. The van der Waals surface area contributed by atoms with Crippen molar-refractivity contribution in [3.63, 3.8) is 0 Å². The van der Waals surface area contributed by atoms with Crippen LogP contribution in [0.4, 0.5) is 0 Å². The molecule has 0 aliphatic rings. The first-order chi connectivity index (χ1) is 7.92. The van der Waals surface area contributed by atoms with Gasteiger partial charge in [0.1, 0.15) is 11.2 Å². The largest absolute Gasteiger partial charge is 0.305 e. The van der Waals surface area contributed by atoms with Crippen LogP contribution in [0.1, 0.15) is 0 Å². The Morgan fingerprint density at radius 3 is 2.81 bits per heavy atom. The molecule has 4 aromatic heterocycles. The predicted molar refractivity (Wildman–Crippen MR) is 59.2 cm³/mol. The van der Waals surface area contributed by atoms with E-state index in [1.807, 2.05) is 33.5 Å². The van der Waals surface area contributed by atoms with Crippen molar-refractivity contribution in [2.75, 3.05) is 0 Å². The maximum Gasteiger partial charge on any atom is 0.155 e. The van der Waals surface area contributed by atoms with Gasteiger partial charge in [-0.15, -0.1) is 0 Å². The summed E-state index contributed by atoms with van der Waals surface area (Å²) in [6, 6.07) is 2.01. The second kappa shape index (κ2) is 2.57. The van der Waals surface area contributed by atoms with Crippen LogP contribution in [0.25, 0.3) is 22.3 Å². The first-order valence-corrected chi connectivity index (χ1v) is 4.96. The van der Waals surface area contributed by atoms with Crippen LogP contribution in [-0.2, 0) is 0 Å². The molecule has 0 spiro atoms. The first kappa shape index (κ1) is 7.81. The summed E-state index contributed by atoms with van der Waals surface area (Å²) in [4.78, 5) is 12.9. The lowest BCUT2D eigenvalue weighted by atomic mass is 10.3. The first-order valence-electron chi connectivity index (χ1n) is 4.96. The van der Waals surface area contributed by atoms with Crippen molar-refractivity contribution < 1.29 is 0 Å². The maximum absolute atomic E-state index is 4.38. The summed E-state index contributed by atoms with van der Waals surface area (Å²) >= 11 is 0. The smallest absolute Gasteiger partial charge is 0.155 e. The van der Waals surface area contributed by atoms with Gasteiger partial charge in [0.15, 0.2) is 5.65 Å². The number of fused-ring (bicyclic) bond motifs is 4. The standard InChI is InChI=1S/C11H7N5/c1-3-15-7-8-9(5-10(15)12-1)16-4-2-13-11(16)6-14-8/h1-7H. The lowest BCUT2D eigenvalue weighted by molar-refractivity contribution is 1.15. The van der Waals surface area contributed by atoms with Gasteiger partial charge in [-0.25, -0.2) is 15.0 Å². The highest BCUT2D eigenvalue weighted by Gasteiger charge is 2.03. The van der Waals surface area contributed by atoms with E-state index < -0.39 is 0 Å². The Labute approximate surface area is 90.0 Å². The Balaban J connectivity index is 2.33. The number of hydrogen-bond acceptors (Lipinski definition) is 3. The van der Waals surface area contributed by atoms with Crippen molar-refractivity contribution in [2.45, 2.75) is 0 Å². The third-order valence-corrected chi connectivity index (χ3v) is 2.74. The third kappa shape index (κ3) is 0.869. The average molecular weight is 209 g/mol. The van der Waals surface area contributed by atoms with Crippen molar-refractivity contribution in [3.8, 4) is 0 Å². The average Bonchev–Trinajstić information content (AvgIpc) is 2.94. The van der Waals surface area contributed by atoms with E-state index in [9.17, 15) is 0 Å². The number of nitrogens with zero attached hydrogens (tertiary/aromatic N) is 5. The second-order valence-corrected chi connectivity index (χ2v) is 3.65. The molecule has 5 nitrogen and oxygen atoms in total. The summed E-state index contributed by atoms with van der Waals surface area (Å²) in [6.07, 6.45) is 11.1. The SMILES string of the molecule is c1cn2cc3ncc4nccn4c3cc2n1. The van der Waals surface area contributed by atoms with Gasteiger partial charge in [0.25, 0.3) is 0 Å². The number of pyridine rings is 1. The van der Waals surface area contributed by atoms with Crippen LogP contribution in [0.2, 0.25) is 0 Å². The fourth-order valence-electron chi connectivity index (χ4n) is 1.97. The molecule has 4 aromatic rings. The summed E-state index contributed by atoms with van der Waals surface area (Å²) in [7, 11) is 0. The highest BCUT2D eigenvalue weighted by atomic mass is 15.0. The normalized spacial score (nSPS) is 11.8. The molecule has 0 aromatic carbocycles.